The lowest BCUT2D eigenvalue weighted by molar-refractivity contribution is -0.154. The summed E-state index contributed by atoms with van der Waals surface area (Å²) >= 11 is 3.64. The first-order chi connectivity index (χ1) is 12.2. The van der Waals surface area contributed by atoms with Gasteiger partial charge in [-0.15, -0.1) is 0 Å². The molecule has 0 radical (unpaired) electrons. The molecule has 142 valence electrons. The molecule has 1 aliphatic heterocycles. The molecule has 0 amide bonds. The topological polar surface area (TPSA) is 62.3 Å². The Bertz CT molecular complexity index is 808. The van der Waals surface area contributed by atoms with E-state index in [1.54, 1.807) is 0 Å². The number of hydrogen-bond acceptors (Lipinski definition) is 4. The third-order valence-electron chi connectivity index (χ3n) is 6.27. The van der Waals surface area contributed by atoms with E-state index in [0.29, 0.717) is 0 Å². The number of rotatable bonds is 3. The smallest absolute Gasteiger partial charge is 0.150 e. The van der Waals surface area contributed by atoms with E-state index in [2.05, 4.69) is 54.8 Å². The number of fused-ring (bicyclic) bond motifs is 1. The fourth-order valence-corrected chi connectivity index (χ4v) is 5.33. The van der Waals surface area contributed by atoms with Crippen molar-refractivity contribution in [3.05, 3.63) is 22.8 Å². The first kappa shape index (κ1) is 18.3. The van der Waals surface area contributed by atoms with Crippen LogP contribution in [0, 0.1) is 10.8 Å². The summed E-state index contributed by atoms with van der Waals surface area (Å²) in [5, 5.41) is 5.65. The number of nitrogens with zero attached hydrogens (tertiary/aromatic N) is 2. The lowest BCUT2D eigenvalue weighted by Gasteiger charge is -2.61. The summed E-state index contributed by atoms with van der Waals surface area (Å²) < 4.78 is 15.5. The van der Waals surface area contributed by atoms with E-state index >= 15 is 0 Å². The number of benzene rings is 1. The van der Waals surface area contributed by atoms with Gasteiger partial charge in [-0.1, -0.05) is 43.6 Å². The van der Waals surface area contributed by atoms with Crippen molar-refractivity contribution < 1.29 is 9.47 Å². The highest BCUT2D eigenvalue weighted by Gasteiger charge is 2.62. The maximum atomic E-state index is 6.54. The normalized spacial score (nSPS) is 30.2. The molecule has 2 fully saturated rings. The zero-order valence-corrected chi connectivity index (χ0v) is 17.5. The van der Waals surface area contributed by atoms with Gasteiger partial charge in [-0.2, -0.15) is 5.10 Å². The summed E-state index contributed by atoms with van der Waals surface area (Å²) in [6, 6.07) is 4.24. The van der Waals surface area contributed by atoms with Gasteiger partial charge in [0.25, 0.3) is 0 Å². The molecule has 1 atom stereocenters. The standard InChI is InChI=1S/C20H28BrN3O2/c1-19(2)17(22)20(3,4)18(19)26-15-10-12(21)9-14-13(15)11-23-24(14)16-7-5-6-8-25-16/h9-11,16-18H,5-8,22H2,1-4H3/t16?,17-,18-. The first-order valence-corrected chi connectivity index (χ1v) is 10.2. The maximum absolute atomic E-state index is 6.54. The van der Waals surface area contributed by atoms with Crippen LogP contribution >= 0.6 is 15.9 Å². The van der Waals surface area contributed by atoms with Crippen LogP contribution in [0.2, 0.25) is 0 Å². The van der Waals surface area contributed by atoms with Crippen LogP contribution in [-0.4, -0.2) is 28.5 Å². The summed E-state index contributed by atoms with van der Waals surface area (Å²) in [5.74, 6) is 0.856. The van der Waals surface area contributed by atoms with Gasteiger partial charge in [0.15, 0.2) is 6.23 Å². The monoisotopic (exact) mass is 421 g/mol. The third-order valence-corrected chi connectivity index (χ3v) is 6.73. The number of aromatic nitrogens is 2. The van der Waals surface area contributed by atoms with Crippen LogP contribution in [0.3, 0.4) is 0 Å². The molecule has 1 aromatic carbocycles. The van der Waals surface area contributed by atoms with E-state index in [-0.39, 0.29) is 29.2 Å². The van der Waals surface area contributed by atoms with Crippen LogP contribution in [0.25, 0.3) is 10.9 Å². The minimum absolute atomic E-state index is 0.00778. The average molecular weight is 422 g/mol. The molecule has 1 aromatic heterocycles. The molecule has 0 bridgehead atoms. The molecule has 26 heavy (non-hydrogen) atoms. The molecule has 5 nitrogen and oxygen atoms in total. The van der Waals surface area contributed by atoms with Gasteiger partial charge in [-0.05, 0) is 31.4 Å². The van der Waals surface area contributed by atoms with Gasteiger partial charge in [0.2, 0.25) is 0 Å². The Morgan fingerprint density at radius 3 is 2.62 bits per heavy atom. The van der Waals surface area contributed by atoms with E-state index in [4.69, 9.17) is 15.2 Å². The van der Waals surface area contributed by atoms with Crippen LogP contribution in [0.15, 0.2) is 22.8 Å². The largest absolute Gasteiger partial charge is 0.488 e. The molecule has 2 aliphatic rings. The lowest BCUT2D eigenvalue weighted by Crippen LogP contribution is -2.72. The summed E-state index contributed by atoms with van der Waals surface area (Å²) in [5.41, 5.74) is 7.30. The highest BCUT2D eigenvalue weighted by atomic mass is 79.9. The van der Waals surface area contributed by atoms with E-state index in [1.165, 1.54) is 6.42 Å². The fraction of sp³-hybridized carbons (Fsp3) is 0.650. The van der Waals surface area contributed by atoms with Gasteiger partial charge >= 0.3 is 0 Å². The maximum Gasteiger partial charge on any atom is 0.150 e. The first-order valence-electron chi connectivity index (χ1n) is 9.43. The molecule has 1 unspecified atom stereocenters. The predicted molar refractivity (Wildman–Crippen MR) is 106 cm³/mol. The third kappa shape index (κ3) is 2.69. The Labute approximate surface area is 163 Å². The summed E-state index contributed by atoms with van der Waals surface area (Å²) in [6.07, 6.45) is 5.25. The molecule has 1 saturated heterocycles. The van der Waals surface area contributed by atoms with Crippen LogP contribution in [0.4, 0.5) is 0 Å². The number of halogens is 1. The minimum atomic E-state index is -0.0688. The number of hydrogen-bond donors (Lipinski definition) is 1. The van der Waals surface area contributed by atoms with Gasteiger partial charge < -0.3 is 15.2 Å². The van der Waals surface area contributed by atoms with Crippen molar-refractivity contribution in [3.8, 4) is 5.75 Å². The molecule has 6 heteroatoms. The molecule has 2 N–H and O–H groups in total. The molecule has 2 aromatic rings. The predicted octanol–water partition coefficient (Wildman–Crippen LogP) is 4.64. The van der Waals surface area contributed by atoms with Crippen LogP contribution in [0.1, 0.15) is 53.2 Å². The highest BCUT2D eigenvalue weighted by Crippen LogP contribution is 2.54. The minimum Gasteiger partial charge on any atom is -0.488 e. The zero-order valence-electron chi connectivity index (χ0n) is 16.0. The molecular formula is C20H28BrN3O2. The fourth-order valence-electron chi connectivity index (χ4n) is 4.90. The molecule has 1 aliphatic carbocycles. The van der Waals surface area contributed by atoms with Crippen molar-refractivity contribution in [1.29, 1.82) is 0 Å². The van der Waals surface area contributed by atoms with E-state index in [1.807, 2.05) is 16.9 Å². The quantitative estimate of drug-likeness (QED) is 0.783. The van der Waals surface area contributed by atoms with Gasteiger partial charge in [0.1, 0.15) is 11.9 Å². The van der Waals surface area contributed by atoms with Gasteiger partial charge in [0.05, 0.1) is 17.1 Å². The van der Waals surface area contributed by atoms with Gasteiger partial charge in [-0.3, -0.25) is 0 Å². The van der Waals surface area contributed by atoms with Crippen molar-refractivity contribution in [3.63, 3.8) is 0 Å². The highest BCUT2D eigenvalue weighted by molar-refractivity contribution is 9.10. The molecule has 0 spiro atoms. The molecule has 1 saturated carbocycles. The van der Waals surface area contributed by atoms with Crippen molar-refractivity contribution in [1.82, 2.24) is 9.78 Å². The molecule has 4 rings (SSSR count). The number of ether oxygens (including phenoxy) is 2. The van der Waals surface area contributed by atoms with E-state index in [9.17, 15) is 0 Å². The summed E-state index contributed by atoms with van der Waals surface area (Å²) in [6.45, 7) is 9.53. The summed E-state index contributed by atoms with van der Waals surface area (Å²) in [4.78, 5) is 0. The molecule has 2 heterocycles. The van der Waals surface area contributed by atoms with E-state index in [0.717, 1.165) is 40.6 Å². The van der Waals surface area contributed by atoms with Crippen LogP contribution in [0.5, 0.6) is 5.75 Å². The van der Waals surface area contributed by atoms with Gasteiger partial charge in [-0.25, -0.2) is 4.68 Å². The van der Waals surface area contributed by atoms with Crippen molar-refractivity contribution >= 4 is 26.8 Å². The summed E-state index contributed by atoms with van der Waals surface area (Å²) in [7, 11) is 0. The van der Waals surface area contributed by atoms with Crippen LogP contribution < -0.4 is 10.5 Å². The van der Waals surface area contributed by atoms with E-state index < -0.39 is 0 Å². The lowest BCUT2D eigenvalue weighted by atomic mass is 9.50. The Balaban J connectivity index is 1.71. The molecular weight excluding hydrogens is 394 g/mol. The van der Waals surface area contributed by atoms with Gasteiger partial charge in [0, 0.05) is 28.0 Å². The Morgan fingerprint density at radius 1 is 1.23 bits per heavy atom. The average Bonchev–Trinajstić information content (AvgIpc) is 3.03. The SMILES string of the molecule is CC1(C)[C@H](N)C(C)(C)[C@H]1Oc1cc(Br)cc2c1cnn2C1CCCCO1. The second-order valence-corrected chi connectivity index (χ2v) is 9.78. The Morgan fingerprint density at radius 2 is 1.96 bits per heavy atom. The Hall–Kier alpha value is -1.11. The van der Waals surface area contributed by atoms with Crippen molar-refractivity contribution in [2.45, 2.75) is 65.3 Å². The van der Waals surface area contributed by atoms with Crippen molar-refractivity contribution in [2.24, 2.45) is 16.6 Å². The van der Waals surface area contributed by atoms with Crippen LogP contribution in [-0.2, 0) is 4.74 Å². The zero-order chi connectivity index (χ0) is 18.7. The second kappa shape index (κ2) is 6.21. The number of nitrogens with two attached hydrogens (primary N) is 1. The Kier molecular flexibility index (Phi) is 4.36. The second-order valence-electron chi connectivity index (χ2n) is 8.87. The van der Waals surface area contributed by atoms with Crippen molar-refractivity contribution in [2.75, 3.05) is 6.61 Å².